The zero-order valence-electron chi connectivity index (χ0n) is 11.2. The van der Waals surface area contributed by atoms with Gasteiger partial charge in [-0.05, 0) is 37.5 Å². The smallest absolute Gasteiger partial charge is 0.241 e. The number of hydrogen-bond acceptors (Lipinski definition) is 3. The first-order chi connectivity index (χ1) is 8.95. The summed E-state index contributed by atoms with van der Waals surface area (Å²) in [4.78, 5) is 0.261. The molecule has 4 nitrogen and oxygen atoms in total. The molecule has 1 aromatic carbocycles. The Kier molecular flexibility index (Phi) is 4.28. The fraction of sp³-hybridized carbons (Fsp3) is 0.571. The van der Waals surface area contributed by atoms with Crippen LogP contribution < -0.4 is 4.72 Å². The van der Waals surface area contributed by atoms with Crippen LogP contribution in [0.4, 0.5) is 0 Å². The Morgan fingerprint density at radius 2 is 1.74 bits per heavy atom. The van der Waals surface area contributed by atoms with Crippen molar-refractivity contribution >= 4 is 10.0 Å². The third-order valence-corrected chi connectivity index (χ3v) is 5.41. The molecule has 1 aliphatic carbocycles. The van der Waals surface area contributed by atoms with Gasteiger partial charge in [-0.25, -0.2) is 13.1 Å². The van der Waals surface area contributed by atoms with Crippen molar-refractivity contribution in [1.82, 2.24) is 4.72 Å². The molecule has 1 fully saturated rings. The van der Waals surface area contributed by atoms with Crippen LogP contribution in [0.2, 0.25) is 0 Å². The van der Waals surface area contributed by atoms with Crippen LogP contribution in [0.15, 0.2) is 29.2 Å². The first-order valence-corrected chi connectivity index (χ1v) is 8.17. The molecule has 2 rings (SSSR count). The second kappa shape index (κ2) is 5.61. The van der Waals surface area contributed by atoms with Gasteiger partial charge < -0.3 is 5.11 Å². The van der Waals surface area contributed by atoms with Gasteiger partial charge in [0.1, 0.15) is 0 Å². The minimum absolute atomic E-state index is 0.0779. The fourth-order valence-corrected chi connectivity index (χ4v) is 4.06. The predicted octanol–water partition coefficient (Wildman–Crippen LogP) is 2.18. The van der Waals surface area contributed by atoms with Crippen molar-refractivity contribution in [3.05, 3.63) is 29.8 Å². The highest BCUT2D eigenvalue weighted by molar-refractivity contribution is 7.89. The quantitative estimate of drug-likeness (QED) is 0.890. The van der Waals surface area contributed by atoms with Crippen LogP contribution in [0.3, 0.4) is 0 Å². The van der Waals surface area contributed by atoms with Gasteiger partial charge in [0, 0.05) is 5.54 Å². The van der Waals surface area contributed by atoms with E-state index in [0.717, 1.165) is 25.7 Å². The summed E-state index contributed by atoms with van der Waals surface area (Å²) in [5.41, 5.74) is 0.384. The molecule has 0 bridgehead atoms. The average Bonchev–Trinajstić information content (AvgIpc) is 2.38. The molecule has 0 heterocycles. The third kappa shape index (κ3) is 3.55. The average molecular weight is 283 g/mol. The zero-order chi connectivity index (χ0) is 13.9. The van der Waals surface area contributed by atoms with Gasteiger partial charge in [-0.1, -0.05) is 31.4 Å². The van der Waals surface area contributed by atoms with E-state index < -0.39 is 10.0 Å². The second-order valence-corrected chi connectivity index (χ2v) is 7.21. The van der Waals surface area contributed by atoms with Crippen LogP contribution in [0, 0.1) is 0 Å². The van der Waals surface area contributed by atoms with Gasteiger partial charge in [-0.2, -0.15) is 0 Å². The van der Waals surface area contributed by atoms with Crippen LogP contribution in [-0.4, -0.2) is 19.1 Å². The molecule has 5 heteroatoms. The molecule has 0 amide bonds. The van der Waals surface area contributed by atoms with Gasteiger partial charge in [0.25, 0.3) is 0 Å². The molecule has 0 aromatic heterocycles. The molecule has 2 N–H and O–H groups in total. The van der Waals surface area contributed by atoms with E-state index in [2.05, 4.69) is 4.72 Å². The number of rotatable bonds is 4. The van der Waals surface area contributed by atoms with E-state index in [9.17, 15) is 8.42 Å². The molecule has 0 atom stereocenters. The summed E-state index contributed by atoms with van der Waals surface area (Å²) in [6.45, 7) is 1.90. The Labute approximate surface area is 114 Å². The molecule has 0 radical (unpaired) electrons. The molecule has 106 valence electrons. The first-order valence-electron chi connectivity index (χ1n) is 6.69. The summed E-state index contributed by atoms with van der Waals surface area (Å²) < 4.78 is 27.5. The maximum absolute atomic E-state index is 12.3. The van der Waals surface area contributed by atoms with E-state index in [1.165, 1.54) is 6.42 Å². The summed E-state index contributed by atoms with van der Waals surface area (Å²) in [6.07, 6.45) is 5.11. The lowest BCUT2D eigenvalue weighted by atomic mass is 9.84. The summed E-state index contributed by atoms with van der Waals surface area (Å²) in [5.74, 6) is 0. The number of hydrogen-bond donors (Lipinski definition) is 2. The van der Waals surface area contributed by atoms with Gasteiger partial charge in [0.05, 0.1) is 11.5 Å². The second-order valence-electron chi connectivity index (χ2n) is 5.53. The molecule has 1 aliphatic rings. The normalized spacial score (nSPS) is 19.3. The molecule has 19 heavy (non-hydrogen) atoms. The molecule has 0 saturated heterocycles. The maximum Gasteiger partial charge on any atom is 0.241 e. The van der Waals surface area contributed by atoms with Crippen molar-refractivity contribution in [1.29, 1.82) is 0 Å². The Hall–Kier alpha value is -0.910. The van der Waals surface area contributed by atoms with Crippen molar-refractivity contribution in [2.24, 2.45) is 0 Å². The van der Waals surface area contributed by atoms with Crippen molar-refractivity contribution in [3.63, 3.8) is 0 Å². The lowest BCUT2D eigenvalue weighted by Crippen LogP contribution is -2.47. The Morgan fingerprint density at radius 3 is 2.26 bits per heavy atom. The van der Waals surface area contributed by atoms with Gasteiger partial charge in [-0.15, -0.1) is 0 Å². The molecular weight excluding hydrogens is 262 g/mol. The number of aliphatic hydroxyl groups is 1. The number of nitrogens with one attached hydrogen (secondary N) is 1. The topological polar surface area (TPSA) is 66.4 Å². The molecule has 0 aliphatic heterocycles. The lowest BCUT2D eigenvalue weighted by Gasteiger charge is -2.34. The predicted molar refractivity (Wildman–Crippen MR) is 74.2 cm³/mol. The van der Waals surface area contributed by atoms with Crippen LogP contribution in [0.5, 0.6) is 0 Å². The van der Waals surface area contributed by atoms with E-state index in [0.29, 0.717) is 5.56 Å². The van der Waals surface area contributed by atoms with E-state index in [1.807, 2.05) is 6.92 Å². The standard InChI is InChI=1S/C14H21NO3S/c1-14(9-3-2-4-10-14)15-19(17,18)13-7-5-12(11-16)6-8-13/h5-8,15-16H,2-4,9-11H2,1H3. The summed E-state index contributed by atoms with van der Waals surface area (Å²) in [6, 6.07) is 6.36. The van der Waals surface area contributed by atoms with E-state index in [1.54, 1.807) is 24.3 Å². The summed E-state index contributed by atoms with van der Waals surface area (Å²) >= 11 is 0. The Morgan fingerprint density at radius 1 is 1.16 bits per heavy atom. The largest absolute Gasteiger partial charge is 0.392 e. The SMILES string of the molecule is CC1(NS(=O)(=O)c2ccc(CO)cc2)CCCCC1. The highest BCUT2D eigenvalue weighted by atomic mass is 32.2. The number of aliphatic hydroxyl groups excluding tert-OH is 1. The maximum atomic E-state index is 12.3. The fourth-order valence-electron chi connectivity index (χ4n) is 2.59. The third-order valence-electron chi connectivity index (χ3n) is 3.75. The van der Waals surface area contributed by atoms with Gasteiger partial charge >= 0.3 is 0 Å². The lowest BCUT2D eigenvalue weighted by molar-refractivity contribution is 0.281. The van der Waals surface area contributed by atoms with Crippen molar-refractivity contribution < 1.29 is 13.5 Å². The molecular formula is C14H21NO3S. The van der Waals surface area contributed by atoms with Crippen molar-refractivity contribution in [3.8, 4) is 0 Å². The van der Waals surface area contributed by atoms with Gasteiger partial charge in [0.2, 0.25) is 10.0 Å². The zero-order valence-corrected chi connectivity index (χ0v) is 12.0. The van der Waals surface area contributed by atoms with Gasteiger partial charge in [0.15, 0.2) is 0 Å². The minimum Gasteiger partial charge on any atom is -0.392 e. The first kappa shape index (κ1) is 14.5. The highest BCUT2D eigenvalue weighted by Gasteiger charge is 2.31. The Bertz CT molecular complexity index is 516. The molecule has 0 unspecified atom stereocenters. The van der Waals surface area contributed by atoms with Gasteiger partial charge in [-0.3, -0.25) is 0 Å². The van der Waals surface area contributed by atoms with Crippen LogP contribution in [0.25, 0.3) is 0 Å². The van der Waals surface area contributed by atoms with Crippen molar-refractivity contribution in [2.45, 2.75) is 56.1 Å². The molecule has 1 aromatic rings. The summed E-state index contributed by atoms with van der Waals surface area (Å²) in [7, 11) is -3.47. The van der Waals surface area contributed by atoms with Crippen LogP contribution in [-0.2, 0) is 16.6 Å². The number of benzene rings is 1. The summed E-state index contributed by atoms with van der Waals surface area (Å²) in [5, 5.41) is 8.97. The minimum atomic E-state index is -3.47. The van der Waals surface area contributed by atoms with Crippen LogP contribution >= 0.6 is 0 Å². The number of sulfonamides is 1. The monoisotopic (exact) mass is 283 g/mol. The van der Waals surface area contributed by atoms with Crippen molar-refractivity contribution in [2.75, 3.05) is 0 Å². The van der Waals surface area contributed by atoms with E-state index >= 15 is 0 Å². The Balaban J connectivity index is 2.17. The molecule has 0 spiro atoms. The van der Waals surface area contributed by atoms with E-state index in [4.69, 9.17) is 5.11 Å². The highest BCUT2D eigenvalue weighted by Crippen LogP contribution is 2.29. The van der Waals surface area contributed by atoms with Crippen LogP contribution in [0.1, 0.15) is 44.6 Å². The molecule has 1 saturated carbocycles. The van der Waals surface area contributed by atoms with E-state index in [-0.39, 0.29) is 17.0 Å².